The number of nitrogens with zero attached hydrogens (tertiary/aromatic N) is 3. The van der Waals surface area contributed by atoms with Crippen LogP contribution in [0.2, 0.25) is 0 Å². The van der Waals surface area contributed by atoms with Crippen molar-refractivity contribution in [2.45, 2.75) is 17.8 Å². The molecule has 1 aromatic carbocycles. The topological polar surface area (TPSA) is 51.8 Å². The van der Waals surface area contributed by atoms with Crippen molar-refractivity contribution >= 4 is 33.8 Å². The van der Waals surface area contributed by atoms with Crippen LogP contribution in [-0.4, -0.2) is 15.0 Å². The summed E-state index contributed by atoms with van der Waals surface area (Å²) in [5.41, 5.74) is 4.72. The third-order valence-corrected chi connectivity index (χ3v) is 4.42. The second-order valence-electron chi connectivity index (χ2n) is 5.03. The van der Waals surface area contributed by atoms with Crippen molar-refractivity contribution in [3.8, 4) is 0 Å². The molecule has 0 aliphatic rings. The first-order chi connectivity index (χ1) is 10.8. The summed E-state index contributed by atoms with van der Waals surface area (Å²) < 4.78 is 5.60. The van der Waals surface area contributed by atoms with E-state index in [1.807, 2.05) is 36.5 Å². The van der Waals surface area contributed by atoms with Gasteiger partial charge in [0.1, 0.15) is 5.52 Å². The Bertz CT molecular complexity index is 964. The fraction of sp³-hybridized carbons (Fsp3) is 0.118. The third kappa shape index (κ3) is 2.33. The van der Waals surface area contributed by atoms with Crippen LogP contribution in [0.4, 0.5) is 0 Å². The number of aromatic nitrogens is 3. The average molecular weight is 307 g/mol. The van der Waals surface area contributed by atoms with Gasteiger partial charge in [0.05, 0.1) is 17.5 Å². The van der Waals surface area contributed by atoms with E-state index in [0.29, 0.717) is 0 Å². The molecule has 0 fully saturated rings. The monoisotopic (exact) mass is 307 g/mol. The molecule has 0 spiro atoms. The Morgan fingerprint density at radius 2 is 2.05 bits per heavy atom. The van der Waals surface area contributed by atoms with E-state index >= 15 is 0 Å². The Morgan fingerprint density at radius 1 is 1.09 bits per heavy atom. The Hall–Kier alpha value is -2.40. The average Bonchev–Trinajstić information content (AvgIpc) is 2.98. The van der Waals surface area contributed by atoms with E-state index in [1.54, 1.807) is 18.0 Å². The van der Waals surface area contributed by atoms with Crippen molar-refractivity contribution in [1.82, 2.24) is 15.0 Å². The van der Waals surface area contributed by atoms with E-state index < -0.39 is 0 Å². The quantitative estimate of drug-likeness (QED) is 0.526. The molecule has 22 heavy (non-hydrogen) atoms. The SMILES string of the molecule is Cc1cccnc1CSc1nc2ccc3cccoc3c2n1. The predicted molar refractivity (Wildman–Crippen MR) is 87.8 cm³/mol. The highest BCUT2D eigenvalue weighted by Gasteiger charge is 2.11. The highest BCUT2D eigenvalue weighted by molar-refractivity contribution is 7.98. The molecule has 3 aromatic heterocycles. The van der Waals surface area contributed by atoms with Crippen LogP contribution in [0.15, 0.2) is 58.4 Å². The summed E-state index contributed by atoms with van der Waals surface area (Å²) in [7, 11) is 0. The zero-order valence-corrected chi connectivity index (χ0v) is 12.8. The molecule has 108 valence electrons. The van der Waals surface area contributed by atoms with Crippen molar-refractivity contribution in [2.75, 3.05) is 0 Å². The molecule has 3 heterocycles. The molecule has 4 rings (SSSR count). The number of rotatable bonds is 3. The van der Waals surface area contributed by atoms with Crippen LogP contribution in [0.1, 0.15) is 11.3 Å². The molecule has 0 saturated carbocycles. The lowest BCUT2D eigenvalue weighted by atomic mass is 10.2. The lowest BCUT2D eigenvalue weighted by Crippen LogP contribution is -1.90. The van der Waals surface area contributed by atoms with E-state index in [9.17, 15) is 0 Å². The number of pyridine rings is 1. The Morgan fingerprint density at radius 3 is 2.95 bits per heavy atom. The summed E-state index contributed by atoms with van der Waals surface area (Å²) in [5.74, 6) is 0.762. The highest BCUT2D eigenvalue weighted by atomic mass is 32.2. The van der Waals surface area contributed by atoms with Gasteiger partial charge in [0.25, 0.3) is 0 Å². The van der Waals surface area contributed by atoms with E-state index in [4.69, 9.17) is 4.42 Å². The molecule has 0 unspecified atom stereocenters. The van der Waals surface area contributed by atoms with Crippen LogP contribution in [0.5, 0.6) is 0 Å². The standard InChI is InChI=1S/C17H13N3OS/c1-11-4-2-8-18-14(11)10-22-17-19-13-7-6-12-5-3-9-21-16(12)15(13)20-17/h2-9H,10H2,1H3. The molecule has 0 aliphatic heterocycles. The Labute approximate surface area is 131 Å². The minimum absolute atomic E-state index is 0.756. The van der Waals surface area contributed by atoms with Crippen LogP contribution >= 0.6 is 11.8 Å². The van der Waals surface area contributed by atoms with Crippen LogP contribution in [0.25, 0.3) is 22.0 Å². The minimum atomic E-state index is 0.756. The number of fused-ring (bicyclic) bond motifs is 3. The van der Waals surface area contributed by atoms with E-state index in [2.05, 4.69) is 27.9 Å². The first kappa shape index (κ1) is 13.3. The number of aryl methyl sites for hydroxylation is 1. The fourth-order valence-electron chi connectivity index (χ4n) is 2.37. The summed E-state index contributed by atoms with van der Waals surface area (Å²) >= 11 is 1.60. The van der Waals surface area contributed by atoms with Gasteiger partial charge in [-0.15, -0.1) is 0 Å². The van der Waals surface area contributed by atoms with E-state index in [0.717, 1.165) is 38.6 Å². The lowest BCUT2D eigenvalue weighted by Gasteiger charge is -2.01. The maximum absolute atomic E-state index is 5.60. The molecule has 0 saturated heterocycles. The molecule has 0 amide bonds. The summed E-state index contributed by atoms with van der Waals surface area (Å²) in [6, 6.07) is 11.9. The van der Waals surface area contributed by atoms with Gasteiger partial charge in [-0.2, -0.15) is 0 Å². The molecule has 0 N–H and O–H groups in total. The van der Waals surface area contributed by atoms with Crippen molar-refractivity contribution in [2.24, 2.45) is 0 Å². The first-order valence-corrected chi connectivity index (χ1v) is 7.97. The van der Waals surface area contributed by atoms with Crippen molar-refractivity contribution < 1.29 is 4.42 Å². The normalized spacial score (nSPS) is 11.3. The van der Waals surface area contributed by atoms with Gasteiger partial charge < -0.3 is 4.42 Å². The van der Waals surface area contributed by atoms with E-state index in [1.165, 1.54) is 5.56 Å². The van der Waals surface area contributed by atoms with Gasteiger partial charge in [0, 0.05) is 17.3 Å². The largest absolute Gasteiger partial charge is 0.462 e. The van der Waals surface area contributed by atoms with Crippen molar-refractivity contribution in [3.05, 3.63) is 60.1 Å². The number of thioether (sulfide) groups is 1. The smallest absolute Gasteiger partial charge is 0.189 e. The third-order valence-electron chi connectivity index (χ3n) is 3.56. The molecule has 4 aromatic rings. The van der Waals surface area contributed by atoms with Crippen LogP contribution in [-0.2, 0) is 5.75 Å². The predicted octanol–water partition coefficient (Wildman–Crippen LogP) is 4.37. The highest BCUT2D eigenvalue weighted by Crippen LogP contribution is 2.28. The Balaban J connectivity index is 1.68. The van der Waals surface area contributed by atoms with Crippen LogP contribution in [0, 0.1) is 6.92 Å². The minimum Gasteiger partial charge on any atom is -0.462 e. The van der Waals surface area contributed by atoms with Gasteiger partial charge in [-0.1, -0.05) is 17.8 Å². The number of benzene rings is 1. The molecule has 0 atom stereocenters. The van der Waals surface area contributed by atoms with Crippen molar-refractivity contribution in [3.63, 3.8) is 0 Å². The fourth-order valence-corrected chi connectivity index (χ4v) is 3.26. The Kier molecular flexibility index (Phi) is 3.27. The summed E-state index contributed by atoms with van der Waals surface area (Å²) in [5, 5.41) is 1.79. The summed E-state index contributed by atoms with van der Waals surface area (Å²) in [6.45, 7) is 2.07. The van der Waals surface area contributed by atoms with Crippen LogP contribution < -0.4 is 0 Å². The molecule has 0 radical (unpaired) electrons. The zero-order chi connectivity index (χ0) is 14.9. The zero-order valence-electron chi connectivity index (χ0n) is 12.0. The number of imidazole rings is 1. The second-order valence-corrected chi connectivity index (χ2v) is 5.97. The van der Waals surface area contributed by atoms with Gasteiger partial charge in [0.2, 0.25) is 0 Å². The number of hydrogen-bond acceptors (Lipinski definition) is 5. The first-order valence-electron chi connectivity index (χ1n) is 6.98. The molecule has 4 nitrogen and oxygen atoms in total. The number of hydrogen-bond donors (Lipinski definition) is 0. The van der Waals surface area contributed by atoms with Gasteiger partial charge in [-0.05, 0) is 42.8 Å². The van der Waals surface area contributed by atoms with Crippen molar-refractivity contribution in [1.29, 1.82) is 0 Å². The molecule has 0 bridgehead atoms. The summed E-state index contributed by atoms with van der Waals surface area (Å²) in [4.78, 5) is 13.6. The summed E-state index contributed by atoms with van der Waals surface area (Å²) in [6.07, 6.45) is 3.48. The molecule has 0 aliphatic carbocycles. The van der Waals surface area contributed by atoms with Gasteiger partial charge >= 0.3 is 0 Å². The van der Waals surface area contributed by atoms with Crippen LogP contribution in [0.3, 0.4) is 0 Å². The lowest BCUT2D eigenvalue weighted by molar-refractivity contribution is 0.606. The maximum Gasteiger partial charge on any atom is 0.189 e. The molecule has 5 heteroatoms. The van der Waals surface area contributed by atoms with Gasteiger partial charge in [-0.3, -0.25) is 4.98 Å². The van der Waals surface area contributed by atoms with Gasteiger partial charge in [0.15, 0.2) is 10.7 Å². The molecular formula is C17H13N3OS. The maximum atomic E-state index is 5.60. The molecular weight excluding hydrogens is 294 g/mol. The second kappa shape index (κ2) is 5.42. The van der Waals surface area contributed by atoms with E-state index in [-0.39, 0.29) is 0 Å². The van der Waals surface area contributed by atoms with Gasteiger partial charge in [-0.25, -0.2) is 9.97 Å².